The third-order valence-electron chi connectivity index (χ3n) is 4.35. The van der Waals surface area contributed by atoms with Crippen molar-refractivity contribution < 1.29 is 9.59 Å². The van der Waals surface area contributed by atoms with E-state index < -0.39 is 5.25 Å². The van der Waals surface area contributed by atoms with Gasteiger partial charge in [-0.25, -0.2) is 4.99 Å². The fourth-order valence-electron chi connectivity index (χ4n) is 2.65. The van der Waals surface area contributed by atoms with Crippen LogP contribution >= 0.6 is 35.0 Å². The summed E-state index contributed by atoms with van der Waals surface area (Å²) in [6, 6.07) is 10.7. The molecule has 8 heteroatoms. The van der Waals surface area contributed by atoms with Crippen LogP contribution in [0.2, 0.25) is 10.0 Å². The molecule has 0 spiro atoms. The lowest BCUT2D eigenvalue weighted by molar-refractivity contribution is -0.127. The van der Waals surface area contributed by atoms with Crippen molar-refractivity contribution in [3.8, 4) is 0 Å². The summed E-state index contributed by atoms with van der Waals surface area (Å²) in [6.45, 7) is 3.81. The number of aryl methyl sites for hydroxylation is 2. The number of hydrogen-bond acceptors (Lipinski definition) is 4. The predicted octanol–water partition coefficient (Wildman–Crippen LogP) is 5.20. The predicted molar refractivity (Wildman–Crippen MR) is 117 cm³/mol. The summed E-state index contributed by atoms with van der Waals surface area (Å²) in [4.78, 5) is 31.0. The lowest BCUT2D eigenvalue weighted by Crippen LogP contribution is -2.30. The number of aliphatic imine (C=N–C) groups is 1. The van der Waals surface area contributed by atoms with Gasteiger partial charge in [-0.15, -0.1) is 0 Å². The number of nitrogens with one attached hydrogen (secondary N) is 1. The number of halogens is 2. The van der Waals surface area contributed by atoms with E-state index in [1.807, 2.05) is 26.0 Å². The average Bonchev–Trinajstić information content (AvgIpc) is 2.89. The van der Waals surface area contributed by atoms with Gasteiger partial charge in [0, 0.05) is 29.2 Å². The van der Waals surface area contributed by atoms with E-state index >= 15 is 0 Å². The summed E-state index contributed by atoms with van der Waals surface area (Å²) >= 11 is 13.4. The summed E-state index contributed by atoms with van der Waals surface area (Å²) < 4.78 is 0. The molecule has 1 fully saturated rings. The van der Waals surface area contributed by atoms with Crippen molar-refractivity contribution in [2.45, 2.75) is 25.5 Å². The maximum Gasteiger partial charge on any atom is 0.242 e. The molecule has 1 atom stereocenters. The minimum absolute atomic E-state index is 0.0485. The number of anilines is 1. The Morgan fingerprint density at radius 1 is 1.18 bits per heavy atom. The van der Waals surface area contributed by atoms with Crippen molar-refractivity contribution in [3.63, 3.8) is 0 Å². The molecule has 1 aliphatic heterocycles. The number of thioether (sulfide) groups is 1. The van der Waals surface area contributed by atoms with Gasteiger partial charge in [0.25, 0.3) is 0 Å². The van der Waals surface area contributed by atoms with Crippen molar-refractivity contribution in [2.24, 2.45) is 4.99 Å². The number of rotatable bonds is 4. The first-order chi connectivity index (χ1) is 13.2. The molecule has 1 aliphatic rings. The van der Waals surface area contributed by atoms with E-state index in [-0.39, 0.29) is 18.2 Å². The summed E-state index contributed by atoms with van der Waals surface area (Å²) in [6.07, 6.45) is 0.0485. The highest BCUT2D eigenvalue weighted by Crippen LogP contribution is 2.32. The molecule has 1 N–H and O–H groups in total. The molecule has 0 bridgehead atoms. The van der Waals surface area contributed by atoms with Crippen LogP contribution in [-0.2, 0) is 9.59 Å². The summed E-state index contributed by atoms with van der Waals surface area (Å²) in [5, 5.41) is 3.97. The van der Waals surface area contributed by atoms with Crippen molar-refractivity contribution in [2.75, 3.05) is 12.4 Å². The van der Waals surface area contributed by atoms with Crippen molar-refractivity contribution in [3.05, 3.63) is 57.6 Å². The Bertz CT molecular complexity index is 978. The normalized spacial score (nSPS) is 18.0. The van der Waals surface area contributed by atoms with Crippen LogP contribution in [0, 0.1) is 13.8 Å². The molecule has 1 unspecified atom stereocenters. The Hall–Kier alpha value is -2.02. The Morgan fingerprint density at radius 2 is 1.89 bits per heavy atom. The molecule has 0 radical (unpaired) electrons. The Kier molecular flexibility index (Phi) is 6.33. The standard InChI is InChI=1S/C20H19Cl2N3O2S/c1-11-5-7-14(9-15(11)22)23-18(26)10-17-19(27)25(3)20(28-17)24-16-8-13(21)6-4-12(16)2/h4-9,17H,10H2,1-3H3,(H,23,26). The smallest absolute Gasteiger partial charge is 0.242 e. The average molecular weight is 436 g/mol. The largest absolute Gasteiger partial charge is 0.326 e. The molecule has 2 aromatic rings. The number of benzene rings is 2. The maximum absolute atomic E-state index is 12.5. The Labute approximate surface area is 178 Å². The molecule has 2 amide bonds. The fraction of sp³-hybridized carbons (Fsp3) is 0.250. The van der Waals surface area contributed by atoms with Gasteiger partial charge in [-0.2, -0.15) is 0 Å². The highest BCUT2D eigenvalue weighted by Gasteiger charge is 2.37. The van der Waals surface area contributed by atoms with Gasteiger partial charge < -0.3 is 5.32 Å². The lowest BCUT2D eigenvalue weighted by Gasteiger charge is -2.10. The molecule has 1 saturated heterocycles. The van der Waals surface area contributed by atoms with E-state index in [1.165, 1.54) is 16.7 Å². The lowest BCUT2D eigenvalue weighted by atomic mass is 10.2. The van der Waals surface area contributed by atoms with Crippen LogP contribution in [0.15, 0.2) is 41.4 Å². The third kappa shape index (κ3) is 4.69. The summed E-state index contributed by atoms with van der Waals surface area (Å²) in [5.74, 6) is -0.403. The molecule has 0 saturated carbocycles. The molecule has 2 aromatic carbocycles. The van der Waals surface area contributed by atoms with Gasteiger partial charge in [0.15, 0.2) is 5.17 Å². The summed E-state index contributed by atoms with van der Waals surface area (Å²) in [7, 11) is 1.66. The highest BCUT2D eigenvalue weighted by atomic mass is 35.5. The van der Waals surface area contributed by atoms with Gasteiger partial charge in [0.1, 0.15) is 5.25 Å². The first-order valence-electron chi connectivity index (χ1n) is 8.59. The van der Waals surface area contributed by atoms with Crippen molar-refractivity contribution in [1.29, 1.82) is 0 Å². The van der Waals surface area contributed by atoms with E-state index in [4.69, 9.17) is 23.2 Å². The van der Waals surface area contributed by atoms with Gasteiger partial charge in [-0.05, 0) is 49.2 Å². The first kappa shape index (κ1) is 20.7. The Morgan fingerprint density at radius 3 is 2.61 bits per heavy atom. The summed E-state index contributed by atoms with van der Waals surface area (Å²) in [5.41, 5.74) is 3.19. The first-order valence-corrected chi connectivity index (χ1v) is 10.2. The number of amides is 2. The van der Waals surface area contributed by atoms with E-state index in [0.29, 0.717) is 26.6 Å². The molecule has 1 heterocycles. The molecular weight excluding hydrogens is 417 g/mol. The van der Waals surface area contributed by atoms with E-state index in [0.717, 1.165) is 11.1 Å². The SMILES string of the molecule is Cc1ccc(NC(=O)CC2SC(=Nc3cc(Cl)ccc3C)N(C)C2=O)cc1Cl. The van der Waals surface area contributed by atoms with Gasteiger partial charge >= 0.3 is 0 Å². The third-order valence-corrected chi connectivity index (χ3v) is 6.23. The van der Waals surface area contributed by atoms with Gasteiger partial charge in [-0.1, -0.05) is 47.1 Å². The van der Waals surface area contributed by atoms with Crippen LogP contribution < -0.4 is 5.32 Å². The number of nitrogens with zero attached hydrogens (tertiary/aromatic N) is 2. The molecule has 3 rings (SSSR count). The zero-order chi connectivity index (χ0) is 20.4. The minimum atomic E-state index is -0.524. The zero-order valence-electron chi connectivity index (χ0n) is 15.6. The van der Waals surface area contributed by atoms with Crippen LogP contribution in [0.5, 0.6) is 0 Å². The van der Waals surface area contributed by atoms with E-state index in [2.05, 4.69) is 10.3 Å². The molecular formula is C20H19Cl2N3O2S. The molecule has 0 aliphatic carbocycles. The molecule has 28 heavy (non-hydrogen) atoms. The highest BCUT2D eigenvalue weighted by molar-refractivity contribution is 8.15. The number of hydrogen-bond donors (Lipinski definition) is 1. The second-order valence-corrected chi connectivity index (χ2v) is 8.56. The van der Waals surface area contributed by atoms with E-state index in [1.54, 1.807) is 31.3 Å². The van der Waals surface area contributed by atoms with Crippen LogP contribution in [-0.4, -0.2) is 34.2 Å². The van der Waals surface area contributed by atoms with E-state index in [9.17, 15) is 9.59 Å². The van der Waals surface area contributed by atoms with Crippen molar-refractivity contribution >= 4 is 63.3 Å². The molecule has 146 valence electrons. The second kappa shape index (κ2) is 8.55. The van der Waals surface area contributed by atoms with Crippen LogP contribution in [0.3, 0.4) is 0 Å². The number of amidine groups is 1. The zero-order valence-corrected chi connectivity index (χ0v) is 18.0. The topological polar surface area (TPSA) is 61.8 Å². The Balaban J connectivity index is 1.70. The second-order valence-electron chi connectivity index (χ2n) is 6.55. The van der Waals surface area contributed by atoms with Crippen LogP contribution in [0.25, 0.3) is 0 Å². The maximum atomic E-state index is 12.5. The van der Waals surface area contributed by atoms with Crippen LogP contribution in [0.4, 0.5) is 11.4 Å². The minimum Gasteiger partial charge on any atom is -0.326 e. The van der Waals surface area contributed by atoms with Crippen LogP contribution in [0.1, 0.15) is 17.5 Å². The fourth-order valence-corrected chi connectivity index (χ4v) is 4.15. The van der Waals surface area contributed by atoms with Gasteiger partial charge in [0.05, 0.1) is 5.69 Å². The molecule has 0 aromatic heterocycles. The van der Waals surface area contributed by atoms with Gasteiger partial charge in [-0.3, -0.25) is 14.5 Å². The quantitative estimate of drug-likeness (QED) is 0.717. The number of carbonyl (C=O) groups is 2. The van der Waals surface area contributed by atoms with Crippen molar-refractivity contribution in [1.82, 2.24) is 4.90 Å². The molecule has 5 nitrogen and oxygen atoms in total. The monoisotopic (exact) mass is 435 g/mol. The number of carbonyl (C=O) groups excluding carboxylic acids is 2. The van der Waals surface area contributed by atoms with Gasteiger partial charge in [0.2, 0.25) is 11.8 Å².